The van der Waals surface area contributed by atoms with E-state index in [1.165, 1.54) is 39.5 Å². The van der Waals surface area contributed by atoms with E-state index in [9.17, 15) is 9.18 Å². The molecule has 0 aliphatic rings. The van der Waals surface area contributed by atoms with Crippen LogP contribution in [0.15, 0.2) is 36.4 Å². The molecule has 122 valence electrons. The number of hydrogen-bond donors (Lipinski definition) is 0. The molecule has 0 amide bonds. The zero-order valence-corrected chi connectivity index (χ0v) is 13.1. The van der Waals surface area contributed by atoms with E-state index in [-0.39, 0.29) is 12.2 Å². The standard InChI is InChI=1S/C17H17FO5/c1-20-14-8-12(9-15(21-2)16(14)22-3)17(19)23-10-11-6-4-5-7-13(11)18/h4-9H,10H2,1-3H3. The molecule has 0 saturated carbocycles. The van der Waals surface area contributed by atoms with E-state index in [1.807, 2.05) is 0 Å². The van der Waals surface area contributed by atoms with Crippen molar-refractivity contribution in [3.8, 4) is 17.2 Å². The van der Waals surface area contributed by atoms with Gasteiger partial charge in [-0.05, 0) is 18.2 Å². The lowest BCUT2D eigenvalue weighted by Gasteiger charge is -2.13. The molecule has 0 heterocycles. The van der Waals surface area contributed by atoms with Gasteiger partial charge < -0.3 is 18.9 Å². The Balaban J connectivity index is 2.20. The summed E-state index contributed by atoms with van der Waals surface area (Å²) in [5.41, 5.74) is 0.518. The summed E-state index contributed by atoms with van der Waals surface area (Å²) in [4.78, 5) is 12.2. The zero-order chi connectivity index (χ0) is 16.8. The quantitative estimate of drug-likeness (QED) is 0.765. The summed E-state index contributed by atoms with van der Waals surface area (Å²) in [6, 6.07) is 9.06. The maximum atomic E-state index is 13.5. The van der Waals surface area contributed by atoms with Gasteiger partial charge >= 0.3 is 5.97 Å². The van der Waals surface area contributed by atoms with Crippen molar-refractivity contribution in [3.63, 3.8) is 0 Å². The Bertz CT molecular complexity index is 674. The maximum absolute atomic E-state index is 13.5. The van der Waals surface area contributed by atoms with Crippen LogP contribution in [-0.4, -0.2) is 27.3 Å². The Hall–Kier alpha value is -2.76. The number of hydrogen-bond acceptors (Lipinski definition) is 5. The molecule has 0 bridgehead atoms. The first-order chi connectivity index (χ1) is 11.1. The summed E-state index contributed by atoms with van der Waals surface area (Å²) >= 11 is 0. The molecule has 0 aliphatic heterocycles. The van der Waals surface area contributed by atoms with Gasteiger partial charge in [0.25, 0.3) is 0 Å². The van der Waals surface area contributed by atoms with Gasteiger partial charge in [0, 0.05) is 5.56 Å². The van der Waals surface area contributed by atoms with Crippen molar-refractivity contribution in [3.05, 3.63) is 53.3 Å². The normalized spacial score (nSPS) is 10.1. The topological polar surface area (TPSA) is 54.0 Å². The summed E-state index contributed by atoms with van der Waals surface area (Å²) in [5.74, 6) is 0.00716. The molecule has 2 rings (SSSR count). The molecule has 0 aromatic heterocycles. The maximum Gasteiger partial charge on any atom is 0.338 e. The van der Waals surface area contributed by atoms with Crippen LogP contribution in [0.25, 0.3) is 0 Å². The van der Waals surface area contributed by atoms with Crippen LogP contribution in [0, 0.1) is 5.82 Å². The lowest BCUT2D eigenvalue weighted by molar-refractivity contribution is 0.0468. The summed E-state index contributed by atoms with van der Waals surface area (Å²) in [6.07, 6.45) is 0. The van der Waals surface area contributed by atoms with Crippen LogP contribution in [0.2, 0.25) is 0 Å². The highest BCUT2D eigenvalue weighted by Gasteiger charge is 2.18. The first kappa shape index (κ1) is 16.6. The minimum atomic E-state index is -0.618. The average molecular weight is 320 g/mol. The van der Waals surface area contributed by atoms with Crippen molar-refractivity contribution in [2.24, 2.45) is 0 Å². The number of carbonyl (C=O) groups is 1. The minimum absolute atomic E-state index is 0.165. The first-order valence-corrected chi connectivity index (χ1v) is 6.81. The van der Waals surface area contributed by atoms with Gasteiger partial charge in [-0.2, -0.15) is 0 Å². The lowest BCUT2D eigenvalue weighted by Crippen LogP contribution is -2.07. The Labute approximate surface area is 133 Å². The number of methoxy groups -OCH3 is 3. The van der Waals surface area contributed by atoms with Crippen LogP contribution in [0.3, 0.4) is 0 Å². The van der Waals surface area contributed by atoms with E-state index in [2.05, 4.69) is 0 Å². The van der Waals surface area contributed by atoms with Gasteiger partial charge in [0.2, 0.25) is 5.75 Å². The zero-order valence-electron chi connectivity index (χ0n) is 13.1. The van der Waals surface area contributed by atoms with Crippen molar-refractivity contribution in [2.45, 2.75) is 6.61 Å². The third-order valence-corrected chi connectivity index (χ3v) is 3.22. The molecule has 0 atom stereocenters. The Kier molecular flexibility index (Phi) is 5.41. The van der Waals surface area contributed by atoms with Gasteiger partial charge in [-0.25, -0.2) is 9.18 Å². The van der Waals surface area contributed by atoms with Crippen molar-refractivity contribution in [1.82, 2.24) is 0 Å². The number of benzene rings is 2. The number of carbonyl (C=O) groups excluding carboxylic acids is 1. The fraction of sp³-hybridized carbons (Fsp3) is 0.235. The molecule has 0 radical (unpaired) electrons. The summed E-state index contributed by atoms with van der Waals surface area (Å²) in [6.45, 7) is -0.165. The van der Waals surface area contributed by atoms with Crippen LogP contribution in [0.5, 0.6) is 17.2 Å². The molecule has 23 heavy (non-hydrogen) atoms. The lowest BCUT2D eigenvalue weighted by atomic mass is 10.2. The van der Waals surface area contributed by atoms with E-state index in [0.717, 1.165) is 0 Å². The van der Waals surface area contributed by atoms with Crippen molar-refractivity contribution < 1.29 is 28.1 Å². The molecule has 0 unspecified atom stereocenters. The fourth-order valence-corrected chi connectivity index (χ4v) is 2.04. The van der Waals surface area contributed by atoms with Gasteiger partial charge in [0.1, 0.15) is 12.4 Å². The third-order valence-electron chi connectivity index (χ3n) is 3.22. The van der Waals surface area contributed by atoms with Crippen LogP contribution in [0.1, 0.15) is 15.9 Å². The van der Waals surface area contributed by atoms with Gasteiger partial charge in [-0.1, -0.05) is 18.2 Å². The van der Waals surface area contributed by atoms with Crippen LogP contribution in [0.4, 0.5) is 4.39 Å². The average Bonchev–Trinajstić information content (AvgIpc) is 2.59. The van der Waals surface area contributed by atoms with Gasteiger partial charge in [-0.15, -0.1) is 0 Å². The first-order valence-electron chi connectivity index (χ1n) is 6.81. The third kappa shape index (κ3) is 3.71. The second-order valence-electron chi connectivity index (χ2n) is 4.58. The SMILES string of the molecule is COc1cc(C(=O)OCc2ccccc2F)cc(OC)c1OC. The van der Waals surface area contributed by atoms with E-state index in [1.54, 1.807) is 18.2 Å². The molecular formula is C17H17FO5. The highest BCUT2D eigenvalue weighted by molar-refractivity contribution is 5.91. The summed E-state index contributed by atoms with van der Waals surface area (Å²) in [7, 11) is 4.37. The largest absolute Gasteiger partial charge is 0.493 e. The molecule has 0 N–H and O–H groups in total. The highest BCUT2D eigenvalue weighted by atomic mass is 19.1. The summed E-state index contributed by atoms with van der Waals surface area (Å²) in [5, 5.41) is 0. The van der Waals surface area contributed by atoms with Gasteiger partial charge in [-0.3, -0.25) is 0 Å². The Morgan fingerprint density at radius 3 is 2.13 bits per heavy atom. The number of esters is 1. The number of halogens is 1. The molecule has 2 aromatic carbocycles. The van der Waals surface area contributed by atoms with Crippen molar-refractivity contribution in [1.29, 1.82) is 0 Å². The number of ether oxygens (including phenoxy) is 4. The highest BCUT2D eigenvalue weighted by Crippen LogP contribution is 2.38. The summed E-state index contributed by atoms with van der Waals surface area (Å²) < 4.78 is 34.2. The van der Waals surface area contributed by atoms with Crippen molar-refractivity contribution in [2.75, 3.05) is 21.3 Å². The smallest absolute Gasteiger partial charge is 0.338 e. The molecule has 0 saturated heterocycles. The van der Waals surface area contributed by atoms with E-state index in [0.29, 0.717) is 22.8 Å². The molecule has 0 fully saturated rings. The van der Waals surface area contributed by atoms with E-state index in [4.69, 9.17) is 18.9 Å². The molecule has 6 heteroatoms. The molecular weight excluding hydrogens is 303 g/mol. The second-order valence-corrected chi connectivity index (χ2v) is 4.58. The predicted octanol–water partition coefficient (Wildman–Crippen LogP) is 3.21. The molecule has 5 nitrogen and oxygen atoms in total. The van der Waals surface area contributed by atoms with Crippen LogP contribution in [-0.2, 0) is 11.3 Å². The monoisotopic (exact) mass is 320 g/mol. The predicted molar refractivity (Wildman–Crippen MR) is 81.6 cm³/mol. The number of rotatable bonds is 6. The van der Waals surface area contributed by atoms with Crippen LogP contribution >= 0.6 is 0 Å². The Morgan fingerprint density at radius 1 is 1.00 bits per heavy atom. The van der Waals surface area contributed by atoms with E-state index >= 15 is 0 Å². The second kappa shape index (κ2) is 7.49. The van der Waals surface area contributed by atoms with Gasteiger partial charge in [0.05, 0.1) is 26.9 Å². The van der Waals surface area contributed by atoms with Crippen LogP contribution < -0.4 is 14.2 Å². The van der Waals surface area contributed by atoms with Crippen molar-refractivity contribution >= 4 is 5.97 Å². The molecule has 0 aliphatic carbocycles. The molecule has 0 spiro atoms. The molecule has 2 aromatic rings. The van der Waals surface area contributed by atoms with E-state index < -0.39 is 11.8 Å². The van der Waals surface area contributed by atoms with Gasteiger partial charge in [0.15, 0.2) is 11.5 Å². The minimum Gasteiger partial charge on any atom is -0.493 e. The Morgan fingerprint density at radius 2 is 1.61 bits per heavy atom. The fourth-order valence-electron chi connectivity index (χ4n) is 2.04.